The van der Waals surface area contributed by atoms with Crippen LogP contribution in [-0.4, -0.2) is 72.0 Å². The molecule has 1 amide bonds. The van der Waals surface area contributed by atoms with Crippen molar-refractivity contribution in [1.82, 2.24) is 24.7 Å². The fourth-order valence-corrected chi connectivity index (χ4v) is 3.86. The van der Waals surface area contributed by atoms with Crippen LogP contribution in [0.25, 0.3) is 0 Å². The first-order valence-electron chi connectivity index (χ1n) is 10.2. The lowest BCUT2D eigenvalue weighted by Crippen LogP contribution is -2.49. The van der Waals surface area contributed by atoms with E-state index < -0.39 is 0 Å². The second kappa shape index (κ2) is 9.58. The Morgan fingerprint density at radius 2 is 2.21 bits per heavy atom. The number of hydrogen-bond acceptors (Lipinski definition) is 3. The Morgan fingerprint density at radius 1 is 1.38 bits per heavy atom. The first-order valence-corrected chi connectivity index (χ1v) is 10.2. The molecule has 156 valence electrons. The summed E-state index contributed by atoms with van der Waals surface area (Å²) in [7, 11) is 5.39. The fourth-order valence-electron chi connectivity index (χ4n) is 3.86. The Bertz CT molecular complexity index is 830. The van der Waals surface area contributed by atoms with Crippen LogP contribution in [0, 0.1) is 5.92 Å². The Kier molecular flexibility index (Phi) is 6.90. The number of aliphatic imine (C=N–C) groups is 1. The molecule has 2 atom stereocenters. The fraction of sp³-hybridized carbons (Fsp3) is 0.500. The molecule has 1 saturated heterocycles. The number of piperidine rings is 1. The average Bonchev–Trinajstić information content (AvgIpc) is 3.26. The van der Waals surface area contributed by atoms with E-state index in [0.29, 0.717) is 12.0 Å². The molecule has 1 aliphatic rings. The van der Waals surface area contributed by atoms with Gasteiger partial charge in [0.15, 0.2) is 5.96 Å². The van der Waals surface area contributed by atoms with Crippen LogP contribution in [0.4, 0.5) is 0 Å². The number of likely N-dealkylation sites (tertiary alicyclic amines) is 1. The molecule has 1 aromatic heterocycles. The highest BCUT2D eigenvalue weighted by Crippen LogP contribution is 2.27. The number of imidazole rings is 1. The van der Waals surface area contributed by atoms with Gasteiger partial charge in [0.05, 0.1) is 12.4 Å². The summed E-state index contributed by atoms with van der Waals surface area (Å²) in [5.74, 6) is 1.57. The second-order valence-electron chi connectivity index (χ2n) is 7.91. The highest BCUT2D eigenvalue weighted by Gasteiger charge is 2.28. The summed E-state index contributed by atoms with van der Waals surface area (Å²) in [6, 6.07) is 8.25. The van der Waals surface area contributed by atoms with Gasteiger partial charge in [-0.15, -0.1) is 0 Å². The molecule has 0 spiro atoms. The van der Waals surface area contributed by atoms with Crippen LogP contribution in [0.5, 0.6) is 0 Å². The maximum atomic E-state index is 12.2. The van der Waals surface area contributed by atoms with Crippen LogP contribution in [0.1, 0.15) is 35.3 Å². The van der Waals surface area contributed by atoms with Crippen molar-refractivity contribution in [3.63, 3.8) is 0 Å². The van der Waals surface area contributed by atoms with Gasteiger partial charge in [0, 0.05) is 58.7 Å². The summed E-state index contributed by atoms with van der Waals surface area (Å²) >= 11 is 0. The van der Waals surface area contributed by atoms with E-state index in [1.807, 2.05) is 44.0 Å². The number of carbonyl (C=O) groups is 1. The number of hydrogen-bond donors (Lipinski definition) is 1. The molecule has 0 radical (unpaired) electrons. The number of aromatic nitrogens is 2. The molecule has 1 N–H and O–H groups in total. The lowest BCUT2D eigenvalue weighted by atomic mass is 9.93. The third-order valence-electron chi connectivity index (χ3n) is 5.61. The summed E-state index contributed by atoms with van der Waals surface area (Å²) in [5, 5.41) is 3.50. The van der Waals surface area contributed by atoms with E-state index in [4.69, 9.17) is 0 Å². The average molecular weight is 397 g/mol. The first-order chi connectivity index (χ1) is 14.0. The standard InChI is InChI=1S/C22H32N6O/c1-17-9-12-27(15-20(17)28-13-11-24-16-28)22(23-2)25-10-8-18-6-5-7-19(14-18)21(29)26(3)4/h5-7,11,13-14,16-17,20H,8-10,12,15H2,1-4H3,(H,23,25). The van der Waals surface area contributed by atoms with Crippen molar-refractivity contribution in [3.8, 4) is 0 Å². The number of guanidine groups is 1. The highest BCUT2D eigenvalue weighted by atomic mass is 16.2. The maximum Gasteiger partial charge on any atom is 0.253 e. The molecule has 2 aromatic rings. The van der Waals surface area contributed by atoms with Gasteiger partial charge in [-0.05, 0) is 36.5 Å². The Morgan fingerprint density at radius 3 is 2.90 bits per heavy atom. The number of nitrogens with zero attached hydrogens (tertiary/aromatic N) is 5. The predicted molar refractivity (Wildman–Crippen MR) is 116 cm³/mol. The van der Waals surface area contributed by atoms with E-state index in [1.54, 1.807) is 19.0 Å². The molecule has 1 aliphatic heterocycles. The van der Waals surface area contributed by atoms with E-state index >= 15 is 0 Å². The number of benzene rings is 1. The van der Waals surface area contributed by atoms with Gasteiger partial charge < -0.3 is 19.7 Å². The van der Waals surface area contributed by atoms with Crippen LogP contribution >= 0.6 is 0 Å². The summed E-state index contributed by atoms with van der Waals surface area (Å²) in [4.78, 5) is 24.8. The maximum absolute atomic E-state index is 12.2. The molecule has 2 unspecified atom stereocenters. The van der Waals surface area contributed by atoms with Crippen molar-refractivity contribution in [2.24, 2.45) is 10.9 Å². The molecule has 1 aromatic carbocycles. The number of rotatable bonds is 5. The third-order valence-corrected chi connectivity index (χ3v) is 5.61. The minimum Gasteiger partial charge on any atom is -0.356 e. The second-order valence-corrected chi connectivity index (χ2v) is 7.91. The number of carbonyl (C=O) groups excluding carboxylic acids is 1. The first kappa shape index (κ1) is 20.9. The SMILES string of the molecule is CN=C(NCCc1cccc(C(=O)N(C)C)c1)N1CCC(C)C(n2ccnc2)C1. The molecule has 7 heteroatoms. The summed E-state index contributed by atoms with van der Waals surface area (Å²) in [6.45, 7) is 5.00. The molecule has 3 rings (SSSR count). The molecule has 0 aliphatic carbocycles. The quantitative estimate of drug-likeness (QED) is 0.622. The van der Waals surface area contributed by atoms with Gasteiger partial charge in [-0.3, -0.25) is 9.79 Å². The van der Waals surface area contributed by atoms with Crippen molar-refractivity contribution in [3.05, 3.63) is 54.1 Å². The Labute approximate surface area is 173 Å². The monoisotopic (exact) mass is 396 g/mol. The van der Waals surface area contributed by atoms with Gasteiger partial charge in [0.1, 0.15) is 0 Å². The topological polar surface area (TPSA) is 65.8 Å². The normalized spacial score (nSPS) is 19.9. The number of nitrogens with one attached hydrogen (secondary N) is 1. The molecule has 7 nitrogen and oxygen atoms in total. The molecular weight excluding hydrogens is 364 g/mol. The van der Waals surface area contributed by atoms with Gasteiger partial charge in [-0.2, -0.15) is 0 Å². The van der Waals surface area contributed by atoms with E-state index in [0.717, 1.165) is 49.6 Å². The van der Waals surface area contributed by atoms with E-state index in [-0.39, 0.29) is 5.91 Å². The van der Waals surface area contributed by atoms with Crippen LogP contribution in [0.2, 0.25) is 0 Å². The van der Waals surface area contributed by atoms with Crippen molar-refractivity contribution in [2.45, 2.75) is 25.8 Å². The molecule has 2 heterocycles. The zero-order valence-electron chi connectivity index (χ0n) is 17.9. The lowest BCUT2D eigenvalue weighted by Gasteiger charge is -2.39. The number of amides is 1. The zero-order chi connectivity index (χ0) is 20.8. The van der Waals surface area contributed by atoms with Crippen molar-refractivity contribution in [2.75, 3.05) is 40.8 Å². The minimum atomic E-state index is 0.0311. The van der Waals surface area contributed by atoms with Crippen LogP contribution in [0.15, 0.2) is 48.0 Å². The van der Waals surface area contributed by atoms with Crippen LogP contribution in [0.3, 0.4) is 0 Å². The smallest absolute Gasteiger partial charge is 0.253 e. The highest BCUT2D eigenvalue weighted by molar-refractivity contribution is 5.94. The Balaban J connectivity index is 1.57. The van der Waals surface area contributed by atoms with Crippen molar-refractivity contribution >= 4 is 11.9 Å². The molecular formula is C22H32N6O. The van der Waals surface area contributed by atoms with Crippen molar-refractivity contribution in [1.29, 1.82) is 0 Å². The molecule has 0 saturated carbocycles. The van der Waals surface area contributed by atoms with Crippen LogP contribution in [-0.2, 0) is 6.42 Å². The van der Waals surface area contributed by atoms with Crippen molar-refractivity contribution < 1.29 is 4.79 Å². The molecule has 1 fully saturated rings. The van der Waals surface area contributed by atoms with Crippen LogP contribution < -0.4 is 5.32 Å². The molecule has 0 bridgehead atoms. The predicted octanol–water partition coefficient (Wildman–Crippen LogP) is 2.29. The zero-order valence-corrected chi connectivity index (χ0v) is 17.9. The Hall–Kier alpha value is -2.83. The summed E-state index contributed by atoms with van der Waals surface area (Å²) < 4.78 is 2.21. The largest absolute Gasteiger partial charge is 0.356 e. The van der Waals surface area contributed by atoms with Gasteiger partial charge in [0.25, 0.3) is 5.91 Å². The lowest BCUT2D eigenvalue weighted by molar-refractivity contribution is 0.0827. The minimum absolute atomic E-state index is 0.0311. The van der Waals surface area contributed by atoms with Gasteiger partial charge >= 0.3 is 0 Å². The summed E-state index contributed by atoms with van der Waals surface area (Å²) in [5.41, 5.74) is 1.87. The van der Waals surface area contributed by atoms with Gasteiger partial charge in [-0.1, -0.05) is 19.1 Å². The van der Waals surface area contributed by atoms with E-state index in [2.05, 4.69) is 37.8 Å². The summed E-state index contributed by atoms with van der Waals surface area (Å²) in [6.07, 6.45) is 7.75. The molecule has 29 heavy (non-hydrogen) atoms. The van der Waals surface area contributed by atoms with E-state index in [9.17, 15) is 4.79 Å². The third kappa shape index (κ3) is 5.16. The van der Waals surface area contributed by atoms with E-state index in [1.165, 1.54) is 0 Å². The van der Waals surface area contributed by atoms with Gasteiger partial charge in [-0.25, -0.2) is 4.98 Å². The van der Waals surface area contributed by atoms with Gasteiger partial charge in [0.2, 0.25) is 0 Å².